The van der Waals surface area contributed by atoms with E-state index in [2.05, 4.69) is 0 Å². The second-order valence-corrected chi connectivity index (χ2v) is 11.2. The number of rotatable bonds is 7. The van der Waals surface area contributed by atoms with Gasteiger partial charge >= 0.3 is 30.4 Å². The van der Waals surface area contributed by atoms with E-state index in [4.69, 9.17) is 7.25 Å². The number of ether oxygens (including phenoxy) is 1. The van der Waals surface area contributed by atoms with Crippen LogP contribution in [0.15, 0.2) is 54.6 Å². The Hall–Kier alpha value is -1.12. The molecule has 0 atom stereocenters. The van der Waals surface area contributed by atoms with Crippen LogP contribution in [0.2, 0.25) is 0 Å². The summed E-state index contributed by atoms with van der Waals surface area (Å²) in [5.41, 5.74) is 0. The predicted octanol–water partition coefficient (Wildman–Crippen LogP) is 0.0307. The van der Waals surface area contributed by atoms with Gasteiger partial charge in [0.05, 0.1) is 12.9 Å². The molecular weight excluding hydrogens is 415 g/mol. The fourth-order valence-electron chi connectivity index (χ4n) is 1.79. The van der Waals surface area contributed by atoms with Crippen LogP contribution in [0.5, 0.6) is 5.75 Å². The second-order valence-electron chi connectivity index (χ2n) is 4.53. The molecule has 0 unspecified atom stereocenters. The van der Waals surface area contributed by atoms with E-state index in [1.165, 1.54) is 0 Å². The first kappa shape index (κ1) is 17.2. The van der Waals surface area contributed by atoms with E-state index in [1.807, 2.05) is 61.5 Å². The second kappa shape index (κ2) is 7.94. The van der Waals surface area contributed by atoms with Crippen LogP contribution in [-0.2, 0) is 12.6 Å². The molecule has 2 aromatic carbocycles. The van der Waals surface area contributed by atoms with Crippen LogP contribution in [0, 0.1) is 7.14 Å². The average molecular weight is 434 g/mol. The van der Waals surface area contributed by atoms with Gasteiger partial charge in [-0.2, -0.15) is 8.42 Å². The topological polar surface area (TPSA) is 52.6 Å². The van der Waals surface area contributed by atoms with Crippen LogP contribution in [0.25, 0.3) is 0 Å². The van der Waals surface area contributed by atoms with Crippen molar-refractivity contribution in [2.24, 2.45) is 0 Å². The van der Waals surface area contributed by atoms with E-state index in [-0.39, 0.29) is 5.75 Å². The van der Waals surface area contributed by atoms with Crippen molar-refractivity contribution >= 4 is 10.1 Å². The first-order chi connectivity index (χ1) is 10.6. The Morgan fingerprint density at radius 1 is 0.955 bits per heavy atom. The first-order valence-electron chi connectivity index (χ1n) is 6.87. The standard InChI is InChI=1S/C16H19IO4S/c1-3-13-22(18,19)21-17(14-7-5-4-6-8-14)15-9-11-16(20-2)12-10-15/h4-12H,3,13H2,1-2H3/q+1. The molecule has 0 bridgehead atoms. The fraction of sp³-hybridized carbons (Fsp3) is 0.250. The minimum Gasteiger partial charge on any atom is -0.497 e. The molecule has 22 heavy (non-hydrogen) atoms. The molecule has 0 N–H and O–H groups in total. The molecule has 1 radical (unpaired) electrons. The minimum atomic E-state index is -3.50. The van der Waals surface area contributed by atoms with Crippen molar-refractivity contribution in [1.82, 2.24) is 0 Å². The Kier molecular flexibility index (Phi) is 6.22. The Morgan fingerprint density at radius 3 is 2.09 bits per heavy atom. The quantitative estimate of drug-likeness (QED) is 0.578. The van der Waals surface area contributed by atoms with Crippen molar-refractivity contribution in [3.05, 3.63) is 61.7 Å². The number of hydrogen-bond donors (Lipinski definition) is 0. The molecule has 2 rings (SSSR count). The fourth-order valence-corrected chi connectivity index (χ4v) is 8.92. The lowest BCUT2D eigenvalue weighted by Gasteiger charge is -2.06. The summed E-state index contributed by atoms with van der Waals surface area (Å²) in [5, 5.41) is 0. The van der Waals surface area contributed by atoms with Gasteiger partial charge < -0.3 is 4.74 Å². The summed E-state index contributed by atoms with van der Waals surface area (Å²) in [6, 6.07) is 17.0. The summed E-state index contributed by atoms with van der Waals surface area (Å²) < 4.78 is 36.9. The zero-order chi connectivity index (χ0) is 16.0. The molecule has 0 saturated carbocycles. The van der Waals surface area contributed by atoms with Crippen LogP contribution in [-0.4, -0.2) is 21.3 Å². The number of halogens is 1. The summed E-state index contributed by atoms with van der Waals surface area (Å²) in [6.07, 6.45) is 0.545. The molecule has 0 aliphatic rings. The Balaban J connectivity index is 2.37. The Morgan fingerprint density at radius 2 is 1.55 bits per heavy atom. The van der Waals surface area contributed by atoms with Crippen LogP contribution in [0.1, 0.15) is 13.3 Å². The summed E-state index contributed by atoms with van der Waals surface area (Å²) in [6.45, 7) is 1.83. The number of benzene rings is 2. The van der Waals surface area contributed by atoms with Crippen LogP contribution >= 0.6 is 0 Å². The molecule has 0 saturated heterocycles. The molecule has 0 amide bonds. The first-order valence-corrected chi connectivity index (χ1v) is 11.5. The van der Waals surface area contributed by atoms with E-state index >= 15 is 0 Å². The van der Waals surface area contributed by atoms with Crippen LogP contribution < -0.4 is 25.0 Å². The normalized spacial score (nSPS) is 11.6. The molecule has 0 aromatic heterocycles. The molecule has 2 aromatic rings. The van der Waals surface area contributed by atoms with Crippen molar-refractivity contribution in [2.75, 3.05) is 12.9 Å². The predicted molar refractivity (Wildman–Crippen MR) is 82.0 cm³/mol. The Labute approximate surface area is 139 Å². The van der Waals surface area contributed by atoms with Gasteiger partial charge in [-0.15, -0.1) is 0 Å². The highest BCUT2D eigenvalue weighted by molar-refractivity contribution is 7.86. The molecule has 0 spiro atoms. The molecular formula is C16H19IO4S+. The highest BCUT2D eigenvalue weighted by atomic mass is 127. The molecule has 0 aliphatic carbocycles. The van der Waals surface area contributed by atoms with Crippen LogP contribution in [0.4, 0.5) is 0 Å². The van der Waals surface area contributed by atoms with Gasteiger partial charge in [0, 0.05) is 0 Å². The number of methoxy groups -OCH3 is 1. The van der Waals surface area contributed by atoms with E-state index in [0.717, 1.165) is 12.9 Å². The summed E-state index contributed by atoms with van der Waals surface area (Å²) in [7, 11) is -1.90. The molecule has 0 aliphatic heterocycles. The van der Waals surface area contributed by atoms with Crippen molar-refractivity contribution < 1.29 is 35.9 Å². The largest absolute Gasteiger partial charge is 0.497 e. The monoisotopic (exact) mass is 434 g/mol. The Bertz CT molecular complexity index is 684. The summed E-state index contributed by atoms with van der Waals surface area (Å²) in [5.74, 6) is 0.785. The van der Waals surface area contributed by atoms with E-state index in [9.17, 15) is 8.42 Å². The van der Waals surface area contributed by atoms with Crippen molar-refractivity contribution in [1.29, 1.82) is 0 Å². The SMILES string of the molecule is CCCS(=O)(=O)O[I+](c1ccccc1)c1ccc(OC)cc1. The third-order valence-corrected chi connectivity index (χ3v) is 10.4. The maximum atomic E-state index is 12.1. The minimum absolute atomic E-state index is 0.0456. The molecule has 0 heterocycles. The van der Waals surface area contributed by atoms with E-state index < -0.39 is 30.4 Å². The lowest BCUT2D eigenvalue weighted by Crippen LogP contribution is -3.85. The van der Waals surface area contributed by atoms with Gasteiger partial charge in [0.15, 0.2) is 7.14 Å². The van der Waals surface area contributed by atoms with E-state index in [0.29, 0.717) is 6.42 Å². The van der Waals surface area contributed by atoms with Gasteiger partial charge in [-0.1, -0.05) is 25.1 Å². The van der Waals surface area contributed by atoms with Gasteiger partial charge in [-0.25, -0.2) is 0 Å². The third-order valence-electron chi connectivity index (χ3n) is 2.79. The highest BCUT2D eigenvalue weighted by Gasteiger charge is 2.36. The zero-order valence-corrected chi connectivity index (χ0v) is 15.5. The van der Waals surface area contributed by atoms with Crippen molar-refractivity contribution in [2.45, 2.75) is 13.3 Å². The summed E-state index contributed by atoms with van der Waals surface area (Å²) in [4.78, 5) is 0. The van der Waals surface area contributed by atoms with E-state index in [1.54, 1.807) is 7.11 Å². The van der Waals surface area contributed by atoms with Gasteiger partial charge in [0.1, 0.15) is 5.75 Å². The maximum Gasteiger partial charge on any atom is 0.324 e. The van der Waals surface area contributed by atoms with Crippen molar-refractivity contribution in [3.63, 3.8) is 0 Å². The lowest BCUT2D eigenvalue weighted by molar-refractivity contribution is -1.03. The lowest BCUT2D eigenvalue weighted by atomic mass is 10.3. The molecule has 0 fully saturated rings. The van der Waals surface area contributed by atoms with Gasteiger partial charge in [-0.3, -0.25) is 0 Å². The number of hydrogen-bond acceptors (Lipinski definition) is 4. The van der Waals surface area contributed by atoms with Gasteiger partial charge in [-0.05, 0) is 45.3 Å². The smallest absolute Gasteiger partial charge is 0.324 e. The average Bonchev–Trinajstić information content (AvgIpc) is 2.54. The molecule has 119 valence electrons. The van der Waals surface area contributed by atoms with Gasteiger partial charge in [0.2, 0.25) is 0 Å². The third kappa shape index (κ3) is 4.69. The maximum absolute atomic E-state index is 12.1. The molecule has 4 nitrogen and oxygen atoms in total. The molecule has 6 heteroatoms. The summed E-state index contributed by atoms with van der Waals surface area (Å²) >= 11 is -2.49. The van der Waals surface area contributed by atoms with Crippen molar-refractivity contribution in [3.8, 4) is 5.75 Å². The van der Waals surface area contributed by atoms with Crippen LogP contribution in [0.3, 0.4) is 0 Å². The zero-order valence-electron chi connectivity index (χ0n) is 12.5. The highest BCUT2D eigenvalue weighted by Crippen LogP contribution is 2.06. The van der Waals surface area contributed by atoms with Gasteiger partial charge in [0.25, 0.3) is 0 Å².